The van der Waals surface area contributed by atoms with E-state index < -0.39 is 17.5 Å². The highest BCUT2D eigenvalue weighted by Gasteiger charge is 2.11. The summed E-state index contributed by atoms with van der Waals surface area (Å²) in [7, 11) is 0. The van der Waals surface area contributed by atoms with Crippen molar-refractivity contribution in [2.24, 2.45) is 0 Å². The molecule has 1 aromatic heterocycles. The molecule has 1 amide bonds. The minimum absolute atomic E-state index is 0.126. The van der Waals surface area contributed by atoms with Crippen LogP contribution in [0.3, 0.4) is 0 Å². The lowest BCUT2D eigenvalue weighted by Crippen LogP contribution is -2.23. The number of nitrogens with zero attached hydrogens (tertiary/aromatic N) is 1. The van der Waals surface area contributed by atoms with E-state index in [0.29, 0.717) is 17.3 Å². The molecule has 0 atom stereocenters. The number of amides is 1. The van der Waals surface area contributed by atoms with Gasteiger partial charge in [0.25, 0.3) is 5.91 Å². The smallest absolute Gasteiger partial charge is 0.270 e. The van der Waals surface area contributed by atoms with Gasteiger partial charge < -0.3 is 10.6 Å². The molecule has 0 bridgehead atoms. The van der Waals surface area contributed by atoms with Crippen molar-refractivity contribution in [3.63, 3.8) is 0 Å². The predicted molar refractivity (Wildman–Crippen MR) is 96.5 cm³/mol. The Morgan fingerprint density at radius 1 is 1.04 bits per heavy atom. The molecule has 7 heteroatoms. The topological polar surface area (TPSA) is 54.0 Å². The first-order valence-corrected chi connectivity index (χ1v) is 8.10. The fourth-order valence-electron chi connectivity index (χ4n) is 2.27. The highest BCUT2D eigenvalue weighted by Crippen LogP contribution is 2.23. The number of para-hydroxylation sites is 1. The van der Waals surface area contributed by atoms with E-state index >= 15 is 0 Å². The van der Waals surface area contributed by atoms with Crippen molar-refractivity contribution in [1.82, 2.24) is 10.3 Å². The maximum Gasteiger partial charge on any atom is 0.270 e. The maximum absolute atomic E-state index is 13.7. The van der Waals surface area contributed by atoms with Crippen molar-refractivity contribution in [2.45, 2.75) is 6.54 Å². The second-order valence-corrected chi connectivity index (χ2v) is 5.90. The Balaban J connectivity index is 1.70. The molecule has 0 aliphatic carbocycles. The van der Waals surface area contributed by atoms with Gasteiger partial charge in [-0.05, 0) is 42.0 Å². The van der Waals surface area contributed by atoms with E-state index in [-0.39, 0.29) is 11.4 Å². The lowest BCUT2D eigenvalue weighted by Gasteiger charge is -2.10. The number of hydrogen-bond acceptors (Lipinski definition) is 3. The van der Waals surface area contributed by atoms with Gasteiger partial charge >= 0.3 is 0 Å². The summed E-state index contributed by atoms with van der Waals surface area (Å²) in [5.41, 5.74) is 1.07. The molecule has 2 N–H and O–H groups in total. The van der Waals surface area contributed by atoms with E-state index in [1.54, 1.807) is 24.3 Å². The molecular weight excluding hydrogens is 360 g/mol. The van der Waals surface area contributed by atoms with Crippen LogP contribution >= 0.6 is 11.6 Å². The van der Waals surface area contributed by atoms with Gasteiger partial charge in [-0.2, -0.15) is 0 Å². The first-order valence-electron chi connectivity index (χ1n) is 7.72. The van der Waals surface area contributed by atoms with Crippen LogP contribution in [0.25, 0.3) is 0 Å². The van der Waals surface area contributed by atoms with Crippen molar-refractivity contribution in [3.05, 3.63) is 88.7 Å². The molecule has 132 valence electrons. The molecule has 26 heavy (non-hydrogen) atoms. The van der Waals surface area contributed by atoms with E-state index in [1.165, 1.54) is 24.4 Å². The largest absolute Gasteiger partial charge is 0.351 e. The Bertz CT molecular complexity index is 912. The van der Waals surface area contributed by atoms with Gasteiger partial charge in [0.2, 0.25) is 0 Å². The summed E-state index contributed by atoms with van der Waals surface area (Å²) in [4.78, 5) is 16.2. The van der Waals surface area contributed by atoms with Gasteiger partial charge in [-0.3, -0.25) is 9.78 Å². The van der Waals surface area contributed by atoms with E-state index in [1.807, 2.05) is 0 Å². The molecular formula is C19H14ClF2N3O. The van der Waals surface area contributed by atoms with Crippen molar-refractivity contribution >= 4 is 28.9 Å². The molecule has 0 aliphatic heterocycles. The maximum atomic E-state index is 13.7. The van der Waals surface area contributed by atoms with Gasteiger partial charge in [-0.15, -0.1) is 0 Å². The Morgan fingerprint density at radius 3 is 2.42 bits per heavy atom. The van der Waals surface area contributed by atoms with Gasteiger partial charge in [-0.1, -0.05) is 29.8 Å². The molecule has 0 fully saturated rings. The zero-order chi connectivity index (χ0) is 18.5. The number of rotatable bonds is 5. The molecule has 0 aliphatic rings. The number of aromatic nitrogens is 1. The fourth-order valence-corrected chi connectivity index (χ4v) is 2.40. The van der Waals surface area contributed by atoms with Crippen molar-refractivity contribution in [2.75, 3.05) is 5.32 Å². The van der Waals surface area contributed by atoms with Gasteiger partial charge in [0.05, 0.1) is 0 Å². The minimum atomic E-state index is -0.726. The Kier molecular flexibility index (Phi) is 5.43. The van der Waals surface area contributed by atoms with Gasteiger partial charge in [0, 0.05) is 23.5 Å². The Morgan fingerprint density at radius 2 is 1.73 bits per heavy atom. The number of pyridine rings is 1. The Labute approximate surface area is 153 Å². The van der Waals surface area contributed by atoms with Crippen LogP contribution in [-0.4, -0.2) is 10.9 Å². The fraction of sp³-hybridized carbons (Fsp3) is 0.0526. The summed E-state index contributed by atoms with van der Waals surface area (Å²) < 4.78 is 27.5. The molecule has 3 aromatic rings. The van der Waals surface area contributed by atoms with Crippen LogP contribution in [0.15, 0.2) is 60.8 Å². The second-order valence-electron chi connectivity index (χ2n) is 5.46. The summed E-state index contributed by atoms with van der Waals surface area (Å²) in [6.07, 6.45) is 1.39. The van der Waals surface area contributed by atoms with Crippen LogP contribution in [0.4, 0.5) is 20.2 Å². The zero-order valence-corrected chi connectivity index (χ0v) is 14.2. The quantitative estimate of drug-likeness (QED) is 0.682. The highest BCUT2D eigenvalue weighted by molar-refractivity contribution is 6.30. The molecule has 2 aromatic carbocycles. The van der Waals surface area contributed by atoms with Gasteiger partial charge in [-0.25, -0.2) is 8.78 Å². The second kappa shape index (κ2) is 7.93. The lowest BCUT2D eigenvalue weighted by atomic mass is 10.2. The highest BCUT2D eigenvalue weighted by atomic mass is 35.5. The lowest BCUT2D eigenvalue weighted by molar-refractivity contribution is 0.0946. The number of hydrogen-bond donors (Lipinski definition) is 2. The normalized spacial score (nSPS) is 10.4. The van der Waals surface area contributed by atoms with Crippen molar-refractivity contribution in [1.29, 1.82) is 0 Å². The third kappa shape index (κ3) is 4.34. The SMILES string of the molecule is O=C(NCc1ccc(Cl)cc1)c1cc(Nc2c(F)cccc2F)ccn1. The van der Waals surface area contributed by atoms with Crippen LogP contribution in [0, 0.1) is 11.6 Å². The molecule has 0 radical (unpaired) electrons. The summed E-state index contributed by atoms with van der Waals surface area (Å²) in [6.45, 7) is 0.303. The third-order valence-corrected chi connectivity index (χ3v) is 3.84. The molecule has 0 saturated heterocycles. The van der Waals surface area contributed by atoms with Crippen molar-refractivity contribution in [3.8, 4) is 0 Å². The van der Waals surface area contributed by atoms with E-state index in [0.717, 1.165) is 17.7 Å². The summed E-state index contributed by atoms with van der Waals surface area (Å²) in [6, 6.07) is 13.6. The number of carbonyl (C=O) groups excluding carboxylic acids is 1. The van der Waals surface area contributed by atoms with Crippen LogP contribution in [0.2, 0.25) is 5.02 Å². The van der Waals surface area contributed by atoms with E-state index in [4.69, 9.17) is 11.6 Å². The molecule has 0 spiro atoms. The monoisotopic (exact) mass is 373 g/mol. The van der Waals surface area contributed by atoms with Crippen LogP contribution in [0.1, 0.15) is 16.1 Å². The molecule has 0 saturated carbocycles. The molecule has 4 nitrogen and oxygen atoms in total. The first kappa shape index (κ1) is 17.8. The predicted octanol–water partition coefficient (Wildman–Crippen LogP) is 4.69. The third-order valence-electron chi connectivity index (χ3n) is 3.59. The number of carbonyl (C=O) groups is 1. The van der Waals surface area contributed by atoms with Crippen LogP contribution < -0.4 is 10.6 Å². The number of nitrogens with one attached hydrogen (secondary N) is 2. The minimum Gasteiger partial charge on any atom is -0.351 e. The van der Waals surface area contributed by atoms with Crippen molar-refractivity contribution < 1.29 is 13.6 Å². The molecule has 3 rings (SSSR count). The Hall–Kier alpha value is -2.99. The number of benzene rings is 2. The van der Waals surface area contributed by atoms with E-state index in [9.17, 15) is 13.6 Å². The molecule has 0 unspecified atom stereocenters. The number of halogens is 3. The van der Waals surface area contributed by atoms with E-state index in [2.05, 4.69) is 15.6 Å². The van der Waals surface area contributed by atoms with Gasteiger partial charge in [0.1, 0.15) is 23.0 Å². The summed E-state index contributed by atoms with van der Waals surface area (Å²) >= 11 is 5.82. The molecule has 1 heterocycles. The van der Waals surface area contributed by atoms with Gasteiger partial charge in [0.15, 0.2) is 0 Å². The average molecular weight is 374 g/mol. The zero-order valence-electron chi connectivity index (χ0n) is 13.5. The summed E-state index contributed by atoms with van der Waals surface area (Å²) in [5.74, 6) is -1.86. The first-order chi connectivity index (χ1) is 12.5. The summed E-state index contributed by atoms with van der Waals surface area (Å²) in [5, 5.41) is 5.97. The van der Waals surface area contributed by atoms with Crippen LogP contribution in [0.5, 0.6) is 0 Å². The standard InChI is InChI=1S/C19H14ClF2N3O/c20-13-6-4-12(5-7-13)11-24-19(26)17-10-14(8-9-23-17)25-18-15(21)2-1-3-16(18)22/h1-10H,11H2,(H,23,25)(H,24,26). The van der Waals surface area contributed by atoms with Crippen LogP contribution in [-0.2, 0) is 6.54 Å². The average Bonchev–Trinajstić information content (AvgIpc) is 2.64. The number of anilines is 2.